The topological polar surface area (TPSA) is 48.2 Å². The van der Waals surface area contributed by atoms with Crippen molar-refractivity contribution in [1.29, 1.82) is 0 Å². The third-order valence-electron chi connectivity index (χ3n) is 11.7. The molecule has 0 aliphatic heterocycles. The lowest BCUT2D eigenvalue weighted by Gasteiger charge is -2.15. The maximum absolute atomic E-state index is 6.87. The minimum absolute atomic E-state index is 0.220. The van der Waals surface area contributed by atoms with Gasteiger partial charge in [0.2, 0.25) is 5.96 Å². The molecule has 276 valence electrons. The second-order valence-corrected chi connectivity index (χ2v) is 16.1. The highest BCUT2D eigenvalue weighted by atomic mass is 32.1. The number of para-hydroxylation sites is 3. The number of benzene rings is 7. The molecule has 1 aliphatic rings. The standard InChI is InChI=1S/C53H38N4S/c1-34(40-19-12-20-43-46-33-36(35-13-4-2-5-14-35)25-28-51(46)58-52(40)43)29-30-55-53(54)57-48-22-11-9-18-42(48)45-32-38(24-27-50(45)57)37-23-26-49-44(31-37)41-17-8-10-21-47(41)56(49)39-15-6-3-7-16-39/h2-23,25-33,38H,1,24H2,(H2,54,55)/b30-29-. The first-order chi connectivity index (χ1) is 28.6. The van der Waals surface area contributed by atoms with Gasteiger partial charge in [-0.15, -0.1) is 11.3 Å². The van der Waals surface area contributed by atoms with E-state index in [0.717, 1.165) is 28.4 Å². The van der Waals surface area contributed by atoms with Gasteiger partial charge in [-0.05, 0) is 88.9 Å². The second kappa shape index (κ2) is 13.8. The van der Waals surface area contributed by atoms with Gasteiger partial charge in [-0.1, -0.05) is 134 Å². The molecule has 0 spiro atoms. The maximum Gasteiger partial charge on any atom is 0.205 e. The quantitative estimate of drug-likeness (QED) is 0.102. The molecule has 2 N–H and O–H groups in total. The first-order valence-electron chi connectivity index (χ1n) is 19.7. The number of nitrogens with two attached hydrogens (primary N) is 1. The number of fused-ring (bicyclic) bond motifs is 9. The number of aromatic nitrogens is 2. The minimum atomic E-state index is 0.220. The number of rotatable bonds is 6. The van der Waals surface area contributed by atoms with Gasteiger partial charge in [0.25, 0.3) is 0 Å². The van der Waals surface area contributed by atoms with E-state index in [4.69, 9.17) is 10.7 Å². The molecule has 3 heterocycles. The van der Waals surface area contributed by atoms with Gasteiger partial charge in [0, 0.05) is 59.4 Å². The van der Waals surface area contributed by atoms with Crippen molar-refractivity contribution in [2.45, 2.75) is 12.3 Å². The third kappa shape index (κ3) is 5.54. The van der Waals surface area contributed by atoms with E-state index in [1.54, 1.807) is 17.5 Å². The summed E-state index contributed by atoms with van der Waals surface area (Å²) in [7, 11) is 0. The second-order valence-electron chi connectivity index (χ2n) is 15.0. The Labute approximate surface area is 339 Å². The van der Waals surface area contributed by atoms with E-state index in [0.29, 0.717) is 5.96 Å². The van der Waals surface area contributed by atoms with Crippen LogP contribution in [0.4, 0.5) is 0 Å². The molecule has 5 heteroatoms. The first kappa shape index (κ1) is 34.1. The molecule has 10 aromatic rings. The van der Waals surface area contributed by atoms with Crippen molar-refractivity contribution < 1.29 is 0 Å². The van der Waals surface area contributed by atoms with Crippen LogP contribution in [0.25, 0.3) is 87.4 Å². The lowest BCUT2D eigenvalue weighted by molar-refractivity contribution is 0.913. The van der Waals surface area contributed by atoms with E-state index in [1.807, 2.05) is 6.08 Å². The van der Waals surface area contributed by atoms with Crippen LogP contribution in [0.15, 0.2) is 188 Å². The fourth-order valence-corrected chi connectivity index (χ4v) is 10.2. The van der Waals surface area contributed by atoms with E-state index in [2.05, 4.69) is 192 Å². The van der Waals surface area contributed by atoms with Crippen molar-refractivity contribution >= 4 is 87.9 Å². The number of allylic oxidation sites excluding steroid dienone is 2. The van der Waals surface area contributed by atoms with Crippen LogP contribution in [0.5, 0.6) is 0 Å². The number of hydrogen-bond donors (Lipinski definition) is 1. The molecule has 1 atom stereocenters. The predicted molar refractivity (Wildman–Crippen MR) is 248 cm³/mol. The summed E-state index contributed by atoms with van der Waals surface area (Å²) < 4.78 is 6.95. The molecule has 0 fully saturated rings. The number of aliphatic imine (C=N–C) groups is 1. The summed E-state index contributed by atoms with van der Waals surface area (Å²) in [5.74, 6) is 0.645. The Hall–Kier alpha value is -7.21. The van der Waals surface area contributed by atoms with Crippen molar-refractivity contribution in [3.63, 3.8) is 0 Å². The summed E-state index contributed by atoms with van der Waals surface area (Å²) in [5, 5.41) is 8.47. The molecule has 0 radical (unpaired) electrons. The molecular formula is C53H38N4S. The number of thiophene rings is 1. The molecule has 7 aromatic carbocycles. The third-order valence-corrected chi connectivity index (χ3v) is 12.9. The largest absolute Gasteiger partial charge is 0.369 e. The molecule has 1 unspecified atom stereocenters. The van der Waals surface area contributed by atoms with Crippen molar-refractivity contribution in [3.05, 3.63) is 204 Å². The van der Waals surface area contributed by atoms with Gasteiger partial charge in [-0.2, -0.15) is 0 Å². The SMILES string of the molecule is C=C(/C=C\N=C(/N)n1c2c(c3ccccc31)=CC(c1ccc3c(c1)c1ccccc1n3-c1ccccc1)CC=2)c1cccc2c1sc1ccc(-c3ccccc3)cc12. The molecule has 4 nitrogen and oxygen atoms in total. The van der Waals surface area contributed by atoms with Crippen molar-refractivity contribution in [2.24, 2.45) is 10.7 Å². The zero-order chi connectivity index (χ0) is 38.7. The first-order valence-corrected chi connectivity index (χ1v) is 20.5. The molecule has 3 aromatic heterocycles. The Morgan fingerprint density at radius 3 is 2.22 bits per heavy atom. The Kier molecular flexibility index (Phi) is 8.09. The molecule has 58 heavy (non-hydrogen) atoms. The van der Waals surface area contributed by atoms with Crippen molar-refractivity contribution in [2.75, 3.05) is 0 Å². The van der Waals surface area contributed by atoms with Crippen LogP contribution in [0.1, 0.15) is 23.5 Å². The average Bonchev–Trinajstić information content (AvgIpc) is 3.94. The van der Waals surface area contributed by atoms with Gasteiger partial charge in [0.1, 0.15) is 0 Å². The number of nitrogens with zero attached hydrogens (tertiary/aromatic N) is 3. The van der Waals surface area contributed by atoms with Gasteiger partial charge in [0.05, 0.1) is 21.9 Å². The van der Waals surface area contributed by atoms with Crippen LogP contribution in [0.2, 0.25) is 0 Å². The summed E-state index contributed by atoms with van der Waals surface area (Å²) in [6.07, 6.45) is 9.36. The Bertz CT molecular complexity index is 3450. The molecule has 11 rings (SSSR count). The highest BCUT2D eigenvalue weighted by molar-refractivity contribution is 7.26. The monoisotopic (exact) mass is 762 g/mol. The molecule has 1 aliphatic carbocycles. The summed E-state index contributed by atoms with van der Waals surface area (Å²) in [6.45, 7) is 4.47. The van der Waals surface area contributed by atoms with Crippen LogP contribution >= 0.6 is 11.3 Å². The zero-order valence-corrected chi connectivity index (χ0v) is 32.5. The Morgan fingerprint density at radius 1 is 0.655 bits per heavy atom. The van der Waals surface area contributed by atoms with Crippen molar-refractivity contribution in [3.8, 4) is 16.8 Å². The summed E-state index contributed by atoms with van der Waals surface area (Å²) >= 11 is 1.81. The maximum atomic E-state index is 6.87. The summed E-state index contributed by atoms with van der Waals surface area (Å²) in [4.78, 5) is 4.81. The van der Waals surface area contributed by atoms with E-state index in [-0.39, 0.29) is 5.92 Å². The predicted octanol–water partition coefficient (Wildman–Crippen LogP) is 11.9. The van der Waals surface area contributed by atoms with Crippen LogP contribution in [-0.2, 0) is 0 Å². The summed E-state index contributed by atoms with van der Waals surface area (Å²) in [5.41, 5.74) is 17.2. The smallest absolute Gasteiger partial charge is 0.205 e. The molecule has 0 bridgehead atoms. The van der Waals surface area contributed by atoms with Gasteiger partial charge in [-0.3, -0.25) is 4.57 Å². The Balaban J connectivity index is 0.929. The van der Waals surface area contributed by atoms with Crippen LogP contribution < -0.4 is 16.3 Å². The molecule has 0 saturated carbocycles. The highest BCUT2D eigenvalue weighted by Gasteiger charge is 2.20. The minimum Gasteiger partial charge on any atom is -0.369 e. The summed E-state index contributed by atoms with van der Waals surface area (Å²) in [6, 6.07) is 58.6. The highest BCUT2D eigenvalue weighted by Crippen LogP contribution is 2.40. The van der Waals surface area contributed by atoms with Gasteiger partial charge in [-0.25, -0.2) is 4.99 Å². The molecule has 0 amide bonds. The van der Waals surface area contributed by atoms with E-state index in [9.17, 15) is 0 Å². The average molecular weight is 763 g/mol. The van der Waals surface area contributed by atoms with Gasteiger partial charge in [0.15, 0.2) is 0 Å². The normalized spacial score (nSPS) is 14.4. The van der Waals surface area contributed by atoms with E-state index in [1.165, 1.54) is 75.0 Å². The fourth-order valence-electron chi connectivity index (χ4n) is 8.94. The fraction of sp³-hybridized carbons (Fsp3) is 0.0377. The van der Waals surface area contributed by atoms with Crippen LogP contribution in [-0.4, -0.2) is 15.1 Å². The van der Waals surface area contributed by atoms with E-state index >= 15 is 0 Å². The van der Waals surface area contributed by atoms with E-state index < -0.39 is 0 Å². The van der Waals surface area contributed by atoms with Gasteiger partial charge < -0.3 is 10.3 Å². The number of hydrogen-bond acceptors (Lipinski definition) is 2. The molecular weight excluding hydrogens is 725 g/mol. The zero-order valence-electron chi connectivity index (χ0n) is 31.7. The van der Waals surface area contributed by atoms with Crippen LogP contribution in [0, 0.1) is 0 Å². The van der Waals surface area contributed by atoms with Gasteiger partial charge >= 0.3 is 0 Å². The Morgan fingerprint density at radius 2 is 1.38 bits per heavy atom. The molecule has 0 saturated heterocycles. The lowest BCUT2D eigenvalue weighted by atomic mass is 9.90. The van der Waals surface area contributed by atoms with Crippen molar-refractivity contribution in [1.82, 2.24) is 9.13 Å². The van der Waals surface area contributed by atoms with Crippen LogP contribution in [0.3, 0.4) is 0 Å². The lowest BCUT2D eigenvalue weighted by Crippen LogP contribution is -2.38.